The molecule has 0 aliphatic carbocycles. The summed E-state index contributed by atoms with van der Waals surface area (Å²) in [7, 11) is 0. The van der Waals surface area contributed by atoms with Crippen molar-refractivity contribution < 1.29 is 14.3 Å². The predicted molar refractivity (Wildman–Crippen MR) is 81.4 cm³/mol. The van der Waals surface area contributed by atoms with E-state index in [0.717, 1.165) is 12.8 Å². The minimum Gasteiger partial charge on any atom is -0.384 e. The van der Waals surface area contributed by atoms with Gasteiger partial charge in [-0.1, -0.05) is 32.1 Å². The number of hydrogen-bond donors (Lipinski definition) is 2. The molecule has 0 heterocycles. The summed E-state index contributed by atoms with van der Waals surface area (Å²) in [6, 6.07) is 4.09. The maximum absolute atomic E-state index is 13.8. The van der Waals surface area contributed by atoms with E-state index >= 15 is 0 Å². The normalized spacial score (nSPS) is 13.0. The first-order chi connectivity index (χ1) is 9.97. The van der Waals surface area contributed by atoms with Crippen LogP contribution in [-0.4, -0.2) is 23.7 Å². The highest BCUT2D eigenvalue weighted by Gasteiger charge is 2.15. The minimum absolute atomic E-state index is 0.0148. The minimum atomic E-state index is -0.571. The number of aliphatic hydroxyl groups excluding tert-OH is 1. The van der Waals surface area contributed by atoms with Gasteiger partial charge in [0.25, 0.3) is 5.91 Å². The van der Waals surface area contributed by atoms with E-state index in [1.165, 1.54) is 18.2 Å². The van der Waals surface area contributed by atoms with Crippen LogP contribution in [0.3, 0.4) is 0 Å². The number of carbonyl (C=O) groups excluding carboxylic acids is 1. The third-order valence-electron chi connectivity index (χ3n) is 3.35. The van der Waals surface area contributed by atoms with Gasteiger partial charge in [0.2, 0.25) is 0 Å². The Kier molecular flexibility index (Phi) is 6.90. The zero-order chi connectivity index (χ0) is 15.8. The van der Waals surface area contributed by atoms with Crippen LogP contribution in [0.1, 0.15) is 49.5 Å². The summed E-state index contributed by atoms with van der Waals surface area (Å²) in [5.41, 5.74) is 0.487. The van der Waals surface area contributed by atoms with Crippen molar-refractivity contribution in [2.45, 2.75) is 39.7 Å². The van der Waals surface area contributed by atoms with Crippen molar-refractivity contribution in [1.29, 1.82) is 0 Å². The molecule has 1 rings (SSSR count). The first-order valence-corrected chi connectivity index (χ1v) is 7.18. The first kappa shape index (κ1) is 17.2. The first-order valence-electron chi connectivity index (χ1n) is 7.18. The second-order valence-corrected chi connectivity index (χ2v) is 5.28. The Morgan fingerprint density at radius 2 is 2.14 bits per heavy atom. The Labute approximate surface area is 125 Å². The lowest BCUT2D eigenvalue weighted by atomic mass is 10.00. The summed E-state index contributed by atoms with van der Waals surface area (Å²) >= 11 is 0. The van der Waals surface area contributed by atoms with Crippen molar-refractivity contribution in [2.24, 2.45) is 5.92 Å². The van der Waals surface area contributed by atoms with Gasteiger partial charge in [0.15, 0.2) is 0 Å². The molecule has 0 aliphatic heterocycles. The van der Waals surface area contributed by atoms with Crippen LogP contribution in [0.5, 0.6) is 0 Å². The number of hydrogen-bond acceptors (Lipinski definition) is 2. The van der Waals surface area contributed by atoms with Crippen LogP contribution in [0.25, 0.3) is 0 Å². The average Bonchev–Trinajstić information content (AvgIpc) is 2.45. The molecule has 0 radical (unpaired) electrons. The SMILES string of the molecule is CCC(C)CC(C)NC(=O)c1cc(C#CCO)ccc1F. The summed E-state index contributed by atoms with van der Waals surface area (Å²) in [6.07, 6.45) is 1.90. The number of aliphatic hydroxyl groups is 1. The molecule has 2 N–H and O–H groups in total. The fourth-order valence-electron chi connectivity index (χ4n) is 2.05. The molecule has 1 amide bonds. The Hall–Kier alpha value is -1.86. The Bertz CT molecular complexity index is 545. The van der Waals surface area contributed by atoms with Crippen LogP contribution in [-0.2, 0) is 0 Å². The molecular weight excluding hydrogens is 269 g/mol. The van der Waals surface area contributed by atoms with Crippen LogP contribution >= 0.6 is 0 Å². The van der Waals surface area contributed by atoms with Crippen molar-refractivity contribution in [1.82, 2.24) is 5.32 Å². The molecule has 3 nitrogen and oxygen atoms in total. The van der Waals surface area contributed by atoms with Gasteiger partial charge >= 0.3 is 0 Å². The van der Waals surface area contributed by atoms with E-state index < -0.39 is 11.7 Å². The molecule has 2 atom stereocenters. The molecule has 1 aromatic carbocycles. The van der Waals surface area contributed by atoms with E-state index in [1.807, 2.05) is 6.92 Å². The zero-order valence-corrected chi connectivity index (χ0v) is 12.7. The van der Waals surface area contributed by atoms with Crippen molar-refractivity contribution in [3.05, 3.63) is 35.1 Å². The highest BCUT2D eigenvalue weighted by atomic mass is 19.1. The summed E-state index contributed by atoms with van der Waals surface area (Å²) in [5.74, 6) is 4.64. The molecule has 0 saturated carbocycles. The van der Waals surface area contributed by atoms with Gasteiger partial charge in [0.05, 0.1) is 5.56 Å². The molecule has 0 saturated heterocycles. The lowest BCUT2D eigenvalue weighted by Gasteiger charge is -2.17. The van der Waals surface area contributed by atoms with Gasteiger partial charge in [-0.3, -0.25) is 4.79 Å². The molecule has 0 aliphatic rings. The van der Waals surface area contributed by atoms with Crippen LogP contribution in [0.4, 0.5) is 4.39 Å². The lowest BCUT2D eigenvalue weighted by Crippen LogP contribution is -2.34. The number of nitrogens with one attached hydrogen (secondary N) is 1. The van der Waals surface area contributed by atoms with Gasteiger partial charge in [0, 0.05) is 11.6 Å². The summed E-state index contributed by atoms with van der Waals surface area (Å²) < 4.78 is 13.8. The third-order valence-corrected chi connectivity index (χ3v) is 3.35. The lowest BCUT2D eigenvalue weighted by molar-refractivity contribution is 0.0931. The van der Waals surface area contributed by atoms with Crippen molar-refractivity contribution in [2.75, 3.05) is 6.61 Å². The number of halogens is 1. The Morgan fingerprint density at radius 3 is 2.76 bits per heavy atom. The summed E-state index contributed by atoms with van der Waals surface area (Å²) in [6.45, 7) is 5.86. The predicted octanol–water partition coefficient (Wildman–Crippen LogP) is 2.72. The van der Waals surface area contributed by atoms with Gasteiger partial charge in [-0.25, -0.2) is 4.39 Å². The Balaban J connectivity index is 2.81. The van der Waals surface area contributed by atoms with Gasteiger partial charge in [-0.2, -0.15) is 0 Å². The van der Waals surface area contributed by atoms with Crippen LogP contribution in [0.15, 0.2) is 18.2 Å². The van der Waals surface area contributed by atoms with E-state index in [4.69, 9.17) is 5.11 Å². The van der Waals surface area contributed by atoms with Crippen molar-refractivity contribution in [3.63, 3.8) is 0 Å². The van der Waals surface area contributed by atoms with Gasteiger partial charge < -0.3 is 10.4 Å². The van der Waals surface area contributed by atoms with Crippen LogP contribution in [0.2, 0.25) is 0 Å². The smallest absolute Gasteiger partial charge is 0.254 e. The fourth-order valence-corrected chi connectivity index (χ4v) is 2.05. The molecule has 0 spiro atoms. The number of rotatable bonds is 5. The van der Waals surface area contributed by atoms with Crippen molar-refractivity contribution in [3.8, 4) is 11.8 Å². The van der Waals surface area contributed by atoms with E-state index in [-0.39, 0.29) is 18.2 Å². The van der Waals surface area contributed by atoms with E-state index in [1.54, 1.807) is 0 Å². The molecule has 114 valence electrons. The Morgan fingerprint density at radius 1 is 1.43 bits per heavy atom. The van der Waals surface area contributed by atoms with E-state index in [9.17, 15) is 9.18 Å². The zero-order valence-electron chi connectivity index (χ0n) is 12.7. The van der Waals surface area contributed by atoms with E-state index in [0.29, 0.717) is 11.5 Å². The van der Waals surface area contributed by atoms with Crippen LogP contribution < -0.4 is 5.32 Å². The monoisotopic (exact) mass is 291 g/mol. The number of benzene rings is 1. The van der Waals surface area contributed by atoms with Gasteiger partial charge in [-0.15, -0.1) is 0 Å². The van der Waals surface area contributed by atoms with Gasteiger partial charge in [-0.05, 0) is 37.5 Å². The largest absolute Gasteiger partial charge is 0.384 e. The fraction of sp³-hybridized carbons (Fsp3) is 0.471. The van der Waals surface area contributed by atoms with Gasteiger partial charge in [0.1, 0.15) is 12.4 Å². The second kappa shape index (κ2) is 8.43. The molecule has 0 aromatic heterocycles. The molecule has 0 fully saturated rings. The molecule has 21 heavy (non-hydrogen) atoms. The summed E-state index contributed by atoms with van der Waals surface area (Å²) in [5, 5.41) is 11.5. The molecule has 1 aromatic rings. The topological polar surface area (TPSA) is 49.3 Å². The molecule has 4 heteroatoms. The van der Waals surface area contributed by atoms with Crippen molar-refractivity contribution >= 4 is 5.91 Å². The number of carbonyl (C=O) groups is 1. The standard InChI is InChI=1S/C17H22FNO2/c1-4-12(2)10-13(3)19-17(21)15-11-14(6-5-9-20)7-8-16(15)18/h7-8,11-13,20H,4,9-10H2,1-3H3,(H,19,21). The molecule has 2 unspecified atom stereocenters. The molecular formula is C17H22FNO2. The van der Waals surface area contributed by atoms with Crippen LogP contribution in [0, 0.1) is 23.6 Å². The molecule has 0 bridgehead atoms. The second-order valence-electron chi connectivity index (χ2n) is 5.28. The summed E-state index contributed by atoms with van der Waals surface area (Å²) in [4.78, 5) is 12.1. The average molecular weight is 291 g/mol. The maximum atomic E-state index is 13.8. The highest BCUT2D eigenvalue weighted by molar-refractivity contribution is 5.95. The highest BCUT2D eigenvalue weighted by Crippen LogP contribution is 2.13. The number of amides is 1. The third kappa shape index (κ3) is 5.57. The maximum Gasteiger partial charge on any atom is 0.254 e. The van der Waals surface area contributed by atoms with E-state index in [2.05, 4.69) is 31.0 Å². The quantitative estimate of drug-likeness (QED) is 0.820.